The highest BCUT2D eigenvalue weighted by atomic mass is 16.5. The average molecular weight is 404 g/mol. The predicted molar refractivity (Wildman–Crippen MR) is 116 cm³/mol. The fraction of sp³-hybridized carbons (Fsp3) is 0.227. The van der Waals surface area contributed by atoms with E-state index in [0.717, 1.165) is 29.8 Å². The Kier molecular flexibility index (Phi) is 7.69. The number of morpholine rings is 1. The maximum atomic E-state index is 12.3. The van der Waals surface area contributed by atoms with Crippen molar-refractivity contribution in [3.8, 4) is 6.07 Å². The number of nitrogens with zero attached hydrogens (tertiary/aromatic N) is 3. The van der Waals surface area contributed by atoms with Crippen LogP contribution in [0.5, 0.6) is 0 Å². The van der Waals surface area contributed by atoms with Gasteiger partial charge in [-0.15, -0.1) is 0 Å². The molecule has 1 fully saturated rings. The number of carbonyl (C=O) groups is 1. The minimum absolute atomic E-state index is 0.296. The minimum atomic E-state index is -0.296. The molecule has 2 aromatic rings. The summed E-state index contributed by atoms with van der Waals surface area (Å²) in [5, 5.41) is 12.3. The van der Waals surface area contributed by atoms with Gasteiger partial charge in [0.05, 0.1) is 24.8 Å². The van der Waals surface area contributed by atoms with Gasteiger partial charge in [0.25, 0.3) is 0 Å². The van der Waals surface area contributed by atoms with Gasteiger partial charge in [-0.05, 0) is 41.5 Å². The summed E-state index contributed by atoms with van der Waals surface area (Å²) >= 11 is 0. The van der Waals surface area contributed by atoms with E-state index in [2.05, 4.69) is 26.7 Å². The number of nitriles is 1. The molecule has 154 valence electrons. The van der Waals surface area contributed by atoms with Gasteiger partial charge in [-0.1, -0.05) is 6.07 Å². The van der Waals surface area contributed by atoms with Crippen molar-refractivity contribution in [2.45, 2.75) is 6.54 Å². The number of aromatic nitrogens is 1. The van der Waals surface area contributed by atoms with E-state index in [1.165, 1.54) is 6.08 Å². The van der Waals surface area contributed by atoms with Crippen LogP contribution in [-0.4, -0.2) is 42.1 Å². The van der Waals surface area contributed by atoms with Crippen LogP contribution in [0.15, 0.2) is 48.9 Å². The van der Waals surface area contributed by atoms with Gasteiger partial charge >= 0.3 is 0 Å². The summed E-state index contributed by atoms with van der Waals surface area (Å²) in [5.74, 6) is 4.96. The molecular formula is C22H24N6O2. The SMILES string of the molecule is N#Cc1cc(NC(=O)/C=C/c2cnccc2/C=C/NN)ccc1CN1CCOCC1. The van der Waals surface area contributed by atoms with Gasteiger partial charge in [0.15, 0.2) is 0 Å². The lowest BCUT2D eigenvalue weighted by Gasteiger charge is -2.26. The highest BCUT2D eigenvalue weighted by molar-refractivity contribution is 6.02. The van der Waals surface area contributed by atoms with Crippen LogP contribution in [-0.2, 0) is 16.1 Å². The first kappa shape index (κ1) is 21.2. The molecule has 0 radical (unpaired) electrons. The van der Waals surface area contributed by atoms with Crippen molar-refractivity contribution >= 4 is 23.7 Å². The molecule has 0 aliphatic carbocycles. The first-order valence-electron chi connectivity index (χ1n) is 9.58. The van der Waals surface area contributed by atoms with Crippen LogP contribution < -0.4 is 16.6 Å². The average Bonchev–Trinajstić information content (AvgIpc) is 2.78. The van der Waals surface area contributed by atoms with Crippen molar-refractivity contribution in [3.63, 3.8) is 0 Å². The second-order valence-corrected chi connectivity index (χ2v) is 6.70. The molecule has 1 saturated heterocycles. The molecule has 0 atom stereocenters. The molecule has 0 spiro atoms. The number of hydrazine groups is 1. The molecule has 3 rings (SSSR count). The number of anilines is 1. The highest BCUT2D eigenvalue weighted by Crippen LogP contribution is 2.18. The second kappa shape index (κ2) is 10.9. The van der Waals surface area contributed by atoms with Crippen molar-refractivity contribution in [1.29, 1.82) is 5.26 Å². The molecule has 1 aromatic carbocycles. The van der Waals surface area contributed by atoms with Crippen LogP contribution in [0.1, 0.15) is 22.3 Å². The Balaban J connectivity index is 1.66. The van der Waals surface area contributed by atoms with Gasteiger partial charge in [-0.25, -0.2) is 0 Å². The highest BCUT2D eigenvalue weighted by Gasteiger charge is 2.13. The van der Waals surface area contributed by atoms with Crippen LogP contribution in [0.25, 0.3) is 12.2 Å². The second-order valence-electron chi connectivity index (χ2n) is 6.70. The summed E-state index contributed by atoms with van der Waals surface area (Å²) in [5.41, 5.74) is 6.15. The third-order valence-corrected chi connectivity index (χ3v) is 4.66. The number of nitrogens with two attached hydrogens (primary N) is 1. The van der Waals surface area contributed by atoms with E-state index in [1.807, 2.05) is 18.2 Å². The van der Waals surface area contributed by atoms with Crippen LogP contribution in [0, 0.1) is 11.3 Å². The van der Waals surface area contributed by atoms with Crippen molar-refractivity contribution in [2.24, 2.45) is 5.84 Å². The molecule has 8 heteroatoms. The standard InChI is InChI=1S/C22H24N6O2/c23-14-20-13-21(3-1-19(20)16-28-9-11-30-12-10-28)27-22(29)4-2-18-15-25-7-5-17(18)6-8-26-24/h1-8,13,15,26H,9-12,16,24H2,(H,27,29)/b4-2+,8-6+. The van der Waals surface area contributed by atoms with Crippen molar-refractivity contribution in [3.05, 3.63) is 71.2 Å². The first-order chi connectivity index (χ1) is 14.7. The number of amides is 1. The Hall–Kier alpha value is -3.51. The van der Waals surface area contributed by atoms with E-state index in [1.54, 1.807) is 36.8 Å². The van der Waals surface area contributed by atoms with Crippen LogP contribution >= 0.6 is 0 Å². The van der Waals surface area contributed by atoms with Gasteiger partial charge in [-0.3, -0.25) is 20.5 Å². The Morgan fingerprint density at radius 2 is 2.10 bits per heavy atom. The summed E-state index contributed by atoms with van der Waals surface area (Å²) in [6.07, 6.45) is 9.80. The maximum Gasteiger partial charge on any atom is 0.248 e. The summed E-state index contributed by atoms with van der Waals surface area (Å²) in [6, 6.07) is 9.44. The Morgan fingerprint density at radius 1 is 1.27 bits per heavy atom. The molecule has 0 saturated carbocycles. The van der Waals surface area contributed by atoms with E-state index in [0.29, 0.717) is 31.0 Å². The zero-order chi connectivity index (χ0) is 21.2. The normalized spacial score (nSPS) is 14.7. The maximum absolute atomic E-state index is 12.3. The quantitative estimate of drug-likeness (QED) is 0.366. The fourth-order valence-electron chi connectivity index (χ4n) is 3.09. The summed E-state index contributed by atoms with van der Waals surface area (Å²) in [7, 11) is 0. The largest absolute Gasteiger partial charge is 0.379 e. The molecule has 1 amide bonds. The zero-order valence-corrected chi connectivity index (χ0v) is 16.5. The molecule has 1 aromatic heterocycles. The predicted octanol–water partition coefficient (Wildman–Crippen LogP) is 1.87. The van der Waals surface area contributed by atoms with Gasteiger partial charge < -0.3 is 15.5 Å². The number of benzene rings is 1. The zero-order valence-electron chi connectivity index (χ0n) is 16.5. The Bertz CT molecular complexity index is 974. The fourth-order valence-corrected chi connectivity index (χ4v) is 3.09. The monoisotopic (exact) mass is 404 g/mol. The van der Waals surface area contributed by atoms with Crippen molar-refractivity contribution in [2.75, 3.05) is 31.6 Å². The lowest BCUT2D eigenvalue weighted by Crippen LogP contribution is -2.35. The number of pyridine rings is 1. The number of hydrogen-bond acceptors (Lipinski definition) is 7. The summed E-state index contributed by atoms with van der Waals surface area (Å²) in [4.78, 5) is 18.7. The van der Waals surface area contributed by atoms with E-state index in [-0.39, 0.29) is 5.91 Å². The molecule has 2 heterocycles. The van der Waals surface area contributed by atoms with Crippen molar-refractivity contribution < 1.29 is 9.53 Å². The molecular weight excluding hydrogens is 380 g/mol. The summed E-state index contributed by atoms with van der Waals surface area (Å²) in [6.45, 7) is 3.80. The Morgan fingerprint density at radius 3 is 2.87 bits per heavy atom. The number of hydrogen-bond donors (Lipinski definition) is 3. The van der Waals surface area contributed by atoms with Gasteiger partial charge in [0.2, 0.25) is 5.91 Å². The van der Waals surface area contributed by atoms with E-state index in [4.69, 9.17) is 10.6 Å². The Labute approximate surface area is 175 Å². The minimum Gasteiger partial charge on any atom is -0.379 e. The van der Waals surface area contributed by atoms with Gasteiger partial charge in [0, 0.05) is 55.6 Å². The van der Waals surface area contributed by atoms with Crippen LogP contribution in [0.3, 0.4) is 0 Å². The van der Waals surface area contributed by atoms with E-state index < -0.39 is 0 Å². The number of ether oxygens (including phenoxy) is 1. The topological polar surface area (TPSA) is 116 Å². The molecule has 30 heavy (non-hydrogen) atoms. The molecule has 0 unspecified atom stereocenters. The molecule has 1 aliphatic heterocycles. The number of rotatable bonds is 7. The van der Waals surface area contributed by atoms with Crippen LogP contribution in [0.2, 0.25) is 0 Å². The van der Waals surface area contributed by atoms with Crippen molar-refractivity contribution in [1.82, 2.24) is 15.3 Å². The lowest BCUT2D eigenvalue weighted by atomic mass is 10.1. The van der Waals surface area contributed by atoms with E-state index >= 15 is 0 Å². The number of nitrogens with one attached hydrogen (secondary N) is 2. The first-order valence-corrected chi connectivity index (χ1v) is 9.58. The summed E-state index contributed by atoms with van der Waals surface area (Å²) < 4.78 is 5.36. The lowest BCUT2D eigenvalue weighted by molar-refractivity contribution is -0.111. The van der Waals surface area contributed by atoms with Crippen LogP contribution in [0.4, 0.5) is 5.69 Å². The van der Waals surface area contributed by atoms with E-state index in [9.17, 15) is 10.1 Å². The smallest absolute Gasteiger partial charge is 0.248 e. The molecule has 4 N–H and O–H groups in total. The van der Waals surface area contributed by atoms with Gasteiger partial charge in [0.1, 0.15) is 0 Å². The third kappa shape index (κ3) is 5.99. The molecule has 0 bridgehead atoms. The molecule has 1 aliphatic rings. The third-order valence-electron chi connectivity index (χ3n) is 4.66. The molecule has 8 nitrogen and oxygen atoms in total. The van der Waals surface area contributed by atoms with Gasteiger partial charge in [-0.2, -0.15) is 5.26 Å². The number of carbonyl (C=O) groups excluding carboxylic acids is 1.